The molecule has 0 aliphatic heterocycles. The lowest BCUT2D eigenvalue weighted by molar-refractivity contribution is 1.09. The Balaban J connectivity index is 1.60. The molecule has 0 heteroatoms. The number of rotatable bonds is 0. The number of hydrogen-bond donors (Lipinski definition) is 0. The van der Waals surface area contributed by atoms with Gasteiger partial charge in [0.1, 0.15) is 0 Å². The molecule has 0 saturated heterocycles. The molecule has 0 fully saturated rings. The van der Waals surface area contributed by atoms with Crippen molar-refractivity contribution in [3.8, 4) is 0 Å². The van der Waals surface area contributed by atoms with Crippen molar-refractivity contribution in [1.82, 2.24) is 0 Å². The van der Waals surface area contributed by atoms with Crippen molar-refractivity contribution in [2.45, 2.75) is 25.7 Å². The summed E-state index contributed by atoms with van der Waals surface area (Å²) in [6.07, 6.45) is 3.95. The molecule has 5 rings (SSSR count). The maximum absolute atomic E-state index is 2.37. The summed E-state index contributed by atoms with van der Waals surface area (Å²) < 4.78 is 0. The van der Waals surface area contributed by atoms with E-state index >= 15 is 0 Å². The summed E-state index contributed by atoms with van der Waals surface area (Å²) >= 11 is 0. The van der Waals surface area contributed by atoms with Crippen molar-refractivity contribution in [1.29, 1.82) is 0 Å². The molecule has 0 N–H and O–H groups in total. The van der Waals surface area contributed by atoms with Gasteiger partial charge in [0.25, 0.3) is 0 Å². The Morgan fingerprint density at radius 1 is 0.286 bits per heavy atom. The number of hydrogen-bond acceptors (Lipinski definition) is 0. The minimum atomic E-state index is 0.988. The van der Waals surface area contributed by atoms with Gasteiger partial charge in [0.05, 0.1) is 0 Å². The summed E-state index contributed by atoms with van der Waals surface area (Å²) in [4.78, 5) is 0. The van der Waals surface area contributed by atoms with Crippen LogP contribution in [0.3, 0.4) is 0 Å². The van der Waals surface area contributed by atoms with Crippen molar-refractivity contribution in [3.63, 3.8) is 0 Å². The van der Waals surface area contributed by atoms with Crippen molar-refractivity contribution in [2.24, 2.45) is 0 Å². The molecular formula is C28H24. The zero-order chi connectivity index (χ0) is 18.8. The van der Waals surface area contributed by atoms with Crippen LogP contribution in [-0.4, -0.2) is 0 Å². The van der Waals surface area contributed by atoms with Crippen molar-refractivity contribution < 1.29 is 0 Å². The normalized spacial score (nSPS) is 13.1. The fourth-order valence-corrected chi connectivity index (χ4v) is 4.34. The topological polar surface area (TPSA) is 0 Å². The van der Waals surface area contributed by atoms with Gasteiger partial charge in [-0.25, -0.2) is 0 Å². The van der Waals surface area contributed by atoms with Crippen LogP contribution in [0.25, 0.3) is 0 Å². The van der Waals surface area contributed by atoms with E-state index in [1.54, 1.807) is 0 Å². The maximum Gasteiger partial charge on any atom is -0.00256 e. The van der Waals surface area contributed by atoms with Crippen molar-refractivity contribution in [3.05, 3.63) is 142 Å². The molecule has 0 unspecified atom stereocenters. The van der Waals surface area contributed by atoms with Crippen LogP contribution in [0.2, 0.25) is 0 Å². The van der Waals surface area contributed by atoms with Gasteiger partial charge in [-0.3, -0.25) is 0 Å². The van der Waals surface area contributed by atoms with E-state index in [0.29, 0.717) is 0 Å². The molecule has 0 saturated carbocycles. The van der Waals surface area contributed by atoms with E-state index in [-0.39, 0.29) is 0 Å². The standard InChI is InChI=1S/C28H24/c1-5-21-13-22(6-1)18-24-8-3-10-26(15-24)20-28-12-4-11-27(16-28)19-25-9-2-7-23(14-25)17-21/h1-16H,17-20H2. The van der Waals surface area contributed by atoms with Crippen LogP contribution in [0.4, 0.5) is 0 Å². The fourth-order valence-electron chi connectivity index (χ4n) is 4.34. The zero-order valence-corrected chi connectivity index (χ0v) is 16.1. The lowest BCUT2D eigenvalue weighted by atomic mass is 9.94. The quantitative estimate of drug-likeness (QED) is 0.301. The van der Waals surface area contributed by atoms with Gasteiger partial charge < -0.3 is 0 Å². The van der Waals surface area contributed by atoms with E-state index in [4.69, 9.17) is 0 Å². The summed E-state index contributed by atoms with van der Waals surface area (Å²) in [7, 11) is 0. The number of benzene rings is 4. The summed E-state index contributed by atoms with van der Waals surface area (Å²) in [6, 6.07) is 36.3. The first-order valence-corrected chi connectivity index (χ1v) is 10.1. The van der Waals surface area contributed by atoms with Crippen molar-refractivity contribution in [2.75, 3.05) is 0 Å². The Morgan fingerprint density at radius 3 is 0.643 bits per heavy atom. The molecule has 0 spiro atoms. The second kappa shape index (κ2) is 7.48. The molecule has 0 atom stereocenters. The van der Waals surface area contributed by atoms with E-state index < -0.39 is 0 Å². The fraction of sp³-hybridized carbons (Fsp3) is 0.143. The zero-order valence-electron chi connectivity index (χ0n) is 16.1. The minimum Gasteiger partial charge on any atom is -0.0617 e. The second-order valence-corrected chi connectivity index (χ2v) is 7.99. The SMILES string of the molecule is c1cc2cc(c1)Cc1cccc(c1)Cc1cccc(c1)Cc1cccc(c1)C2. The summed E-state index contributed by atoms with van der Waals surface area (Å²) in [6.45, 7) is 0. The molecule has 1 aliphatic carbocycles. The third-order valence-electron chi connectivity index (χ3n) is 5.60. The molecule has 0 nitrogen and oxygen atoms in total. The maximum atomic E-state index is 2.37. The first-order valence-electron chi connectivity index (χ1n) is 10.1. The average molecular weight is 361 g/mol. The third-order valence-corrected chi connectivity index (χ3v) is 5.60. The Morgan fingerprint density at radius 2 is 0.464 bits per heavy atom. The van der Waals surface area contributed by atoms with Gasteiger partial charge in [0, 0.05) is 0 Å². The predicted octanol–water partition coefficient (Wildman–Crippen LogP) is 6.36. The largest absolute Gasteiger partial charge is 0.0617 e. The Bertz CT molecular complexity index is 869. The van der Waals surface area contributed by atoms with Gasteiger partial charge in [0.15, 0.2) is 0 Å². The van der Waals surface area contributed by atoms with Crippen LogP contribution < -0.4 is 0 Å². The first-order chi connectivity index (χ1) is 13.8. The first kappa shape index (κ1) is 17.0. The van der Waals surface area contributed by atoms with Crippen LogP contribution in [0.5, 0.6) is 0 Å². The van der Waals surface area contributed by atoms with E-state index in [1.807, 2.05) is 0 Å². The van der Waals surface area contributed by atoms with Crippen LogP contribution in [0.15, 0.2) is 97.1 Å². The summed E-state index contributed by atoms with van der Waals surface area (Å²) in [5, 5.41) is 0. The molecule has 0 aromatic heterocycles. The van der Waals surface area contributed by atoms with Crippen molar-refractivity contribution >= 4 is 0 Å². The second-order valence-electron chi connectivity index (χ2n) is 7.99. The van der Waals surface area contributed by atoms with Crippen LogP contribution in [0.1, 0.15) is 44.5 Å². The van der Waals surface area contributed by atoms with E-state index in [1.165, 1.54) is 44.5 Å². The molecule has 8 bridgehead atoms. The minimum absolute atomic E-state index is 0.988. The molecular weight excluding hydrogens is 336 g/mol. The van der Waals surface area contributed by atoms with Crippen LogP contribution >= 0.6 is 0 Å². The van der Waals surface area contributed by atoms with Gasteiger partial charge in [-0.15, -0.1) is 0 Å². The lowest BCUT2D eigenvalue weighted by Crippen LogP contribution is -1.97. The molecule has 0 radical (unpaired) electrons. The average Bonchev–Trinajstić information content (AvgIpc) is 2.69. The Kier molecular flexibility index (Phi) is 4.54. The number of fused-ring (bicyclic) bond motifs is 8. The molecule has 4 aromatic rings. The monoisotopic (exact) mass is 360 g/mol. The molecule has 1 aliphatic rings. The highest BCUT2D eigenvalue weighted by atomic mass is 14.1. The Labute approximate surface area is 167 Å². The molecule has 136 valence electrons. The van der Waals surface area contributed by atoms with Gasteiger partial charge in [-0.1, -0.05) is 97.1 Å². The summed E-state index contributed by atoms with van der Waals surface area (Å²) in [5.74, 6) is 0. The lowest BCUT2D eigenvalue weighted by Gasteiger charge is -2.11. The van der Waals surface area contributed by atoms with Crippen LogP contribution in [-0.2, 0) is 25.7 Å². The highest BCUT2D eigenvalue weighted by Crippen LogP contribution is 2.20. The van der Waals surface area contributed by atoms with E-state index in [9.17, 15) is 0 Å². The molecule has 28 heavy (non-hydrogen) atoms. The van der Waals surface area contributed by atoms with Gasteiger partial charge in [-0.2, -0.15) is 0 Å². The molecule has 0 amide bonds. The van der Waals surface area contributed by atoms with Crippen LogP contribution in [0, 0.1) is 0 Å². The van der Waals surface area contributed by atoms with Gasteiger partial charge in [0.2, 0.25) is 0 Å². The third kappa shape index (κ3) is 3.92. The van der Waals surface area contributed by atoms with E-state index in [2.05, 4.69) is 97.1 Å². The summed E-state index contributed by atoms with van der Waals surface area (Å²) in [5.41, 5.74) is 11.1. The highest BCUT2D eigenvalue weighted by Gasteiger charge is 2.06. The van der Waals surface area contributed by atoms with E-state index in [0.717, 1.165) is 25.7 Å². The highest BCUT2D eigenvalue weighted by molar-refractivity contribution is 5.38. The molecule has 0 heterocycles. The van der Waals surface area contributed by atoms with Gasteiger partial charge >= 0.3 is 0 Å². The molecule has 4 aromatic carbocycles. The smallest absolute Gasteiger partial charge is 0.00256 e. The van der Waals surface area contributed by atoms with Gasteiger partial charge in [-0.05, 0) is 70.2 Å². The Hall–Kier alpha value is -3.12. The predicted molar refractivity (Wildman–Crippen MR) is 117 cm³/mol.